The molecule has 0 atom stereocenters. The number of nitrogens with one attached hydrogen (secondary N) is 2. The van der Waals surface area contributed by atoms with E-state index in [1.54, 1.807) is 11.3 Å². The average molecular weight is 489 g/mol. The van der Waals surface area contributed by atoms with Crippen LogP contribution in [0.15, 0.2) is 54.6 Å². The summed E-state index contributed by atoms with van der Waals surface area (Å²) in [5, 5.41) is 6.61. The lowest BCUT2D eigenvalue weighted by molar-refractivity contribution is 0.0948. The number of thiophene rings is 1. The first-order valence-electron chi connectivity index (χ1n) is 12.9. The highest BCUT2D eigenvalue weighted by atomic mass is 32.1. The van der Waals surface area contributed by atoms with Gasteiger partial charge in [-0.1, -0.05) is 90.1 Å². The fourth-order valence-corrected chi connectivity index (χ4v) is 5.72. The van der Waals surface area contributed by atoms with Crippen LogP contribution in [0, 0.1) is 5.92 Å². The molecule has 4 heteroatoms. The maximum absolute atomic E-state index is 13.2. The van der Waals surface area contributed by atoms with Crippen LogP contribution in [0.5, 0.6) is 0 Å². The second kappa shape index (κ2) is 10.3. The van der Waals surface area contributed by atoms with Gasteiger partial charge < -0.3 is 10.6 Å². The molecule has 1 saturated heterocycles. The number of piperidine rings is 1. The fourth-order valence-electron chi connectivity index (χ4n) is 4.61. The molecular weight excluding hydrogens is 448 g/mol. The Morgan fingerprint density at radius 2 is 1.37 bits per heavy atom. The molecule has 0 bridgehead atoms. The summed E-state index contributed by atoms with van der Waals surface area (Å²) in [5.41, 5.74) is 6.29. The van der Waals surface area contributed by atoms with Crippen LogP contribution in [0.2, 0.25) is 0 Å². The van der Waals surface area contributed by atoms with Crippen molar-refractivity contribution in [3.8, 4) is 21.6 Å². The maximum Gasteiger partial charge on any atom is 0.261 e. The molecule has 1 aliphatic rings. The number of benzene rings is 2. The Hall–Kier alpha value is -2.43. The summed E-state index contributed by atoms with van der Waals surface area (Å²) in [5.74, 6) is 0.604. The van der Waals surface area contributed by atoms with Gasteiger partial charge in [0.2, 0.25) is 0 Å². The van der Waals surface area contributed by atoms with Crippen LogP contribution in [0.3, 0.4) is 0 Å². The van der Waals surface area contributed by atoms with E-state index < -0.39 is 0 Å². The molecule has 0 radical (unpaired) electrons. The van der Waals surface area contributed by atoms with E-state index in [4.69, 9.17) is 0 Å². The minimum atomic E-state index is 0.0404. The largest absolute Gasteiger partial charge is 0.351 e. The first-order valence-corrected chi connectivity index (χ1v) is 13.7. The summed E-state index contributed by atoms with van der Waals surface area (Å²) >= 11 is 1.60. The van der Waals surface area contributed by atoms with Crippen LogP contribution in [0.4, 0.5) is 0 Å². The smallest absolute Gasteiger partial charge is 0.261 e. The van der Waals surface area contributed by atoms with Crippen molar-refractivity contribution in [1.29, 1.82) is 0 Å². The van der Waals surface area contributed by atoms with Crippen molar-refractivity contribution in [2.75, 3.05) is 19.6 Å². The first-order chi connectivity index (χ1) is 16.5. The third kappa shape index (κ3) is 6.23. The van der Waals surface area contributed by atoms with Gasteiger partial charge >= 0.3 is 0 Å². The van der Waals surface area contributed by atoms with Gasteiger partial charge in [0.05, 0.1) is 4.88 Å². The monoisotopic (exact) mass is 488 g/mol. The summed E-state index contributed by atoms with van der Waals surface area (Å²) < 4.78 is 0. The highest BCUT2D eigenvalue weighted by Crippen LogP contribution is 2.40. The molecule has 0 spiro atoms. The number of amides is 1. The highest BCUT2D eigenvalue weighted by molar-refractivity contribution is 7.18. The van der Waals surface area contributed by atoms with Crippen molar-refractivity contribution in [2.24, 2.45) is 5.92 Å². The van der Waals surface area contributed by atoms with Crippen molar-refractivity contribution < 1.29 is 4.79 Å². The van der Waals surface area contributed by atoms with Crippen LogP contribution in [-0.4, -0.2) is 25.5 Å². The second-order valence-corrected chi connectivity index (χ2v) is 13.0. The molecule has 1 aromatic heterocycles. The third-order valence-electron chi connectivity index (χ3n) is 7.04. The molecule has 1 aliphatic heterocycles. The summed E-state index contributed by atoms with van der Waals surface area (Å²) in [6.07, 6.45) is 2.25. The fraction of sp³-hybridized carbons (Fsp3) is 0.452. The quantitative estimate of drug-likeness (QED) is 0.393. The van der Waals surface area contributed by atoms with Crippen molar-refractivity contribution in [2.45, 2.75) is 65.2 Å². The van der Waals surface area contributed by atoms with Gasteiger partial charge in [-0.25, -0.2) is 0 Å². The van der Waals surface area contributed by atoms with Gasteiger partial charge in [-0.15, -0.1) is 11.3 Å². The number of carbonyl (C=O) groups is 1. The Morgan fingerprint density at radius 3 is 1.89 bits per heavy atom. The highest BCUT2D eigenvalue weighted by Gasteiger charge is 2.21. The van der Waals surface area contributed by atoms with E-state index in [1.807, 2.05) is 0 Å². The molecule has 0 aliphatic carbocycles. The van der Waals surface area contributed by atoms with Gasteiger partial charge in [-0.3, -0.25) is 4.79 Å². The SMILES string of the molecule is CC(C)(C)c1ccc(-c2cc(C(=O)NCC3CCNCC3)sc2-c2ccc(C(C)(C)C)cc2)cc1. The number of carbonyl (C=O) groups excluding carboxylic acids is 1. The molecule has 2 heterocycles. The molecule has 35 heavy (non-hydrogen) atoms. The molecule has 1 fully saturated rings. The zero-order chi connectivity index (χ0) is 25.2. The number of rotatable bonds is 5. The standard InChI is InChI=1S/C31H40N2OS/c1-30(2,3)24-11-7-22(8-12-24)26-19-27(29(34)33-20-21-15-17-32-18-16-21)35-28(26)23-9-13-25(14-10-23)31(4,5)6/h7-14,19,21,32H,15-18,20H2,1-6H3,(H,33,34). The van der Waals surface area contributed by atoms with E-state index in [2.05, 4.69) is 107 Å². The molecule has 1 amide bonds. The van der Waals surface area contributed by atoms with Crippen molar-refractivity contribution in [3.63, 3.8) is 0 Å². The average Bonchev–Trinajstić information content (AvgIpc) is 3.28. The van der Waals surface area contributed by atoms with Crippen LogP contribution in [-0.2, 0) is 10.8 Å². The molecular formula is C31H40N2OS. The van der Waals surface area contributed by atoms with Crippen molar-refractivity contribution >= 4 is 17.2 Å². The van der Waals surface area contributed by atoms with Gasteiger partial charge in [-0.05, 0) is 71.0 Å². The number of hydrogen-bond donors (Lipinski definition) is 2. The first kappa shape index (κ1) is 25.7. The minimum Gasteiger partial charge on any atom is -0.351 e. The Kier molecular flexibility index (Phi) is 7.54. The van der Waals surface area contributed by atoms with E-state index in [1.165, 1.54) is 11.1 Å². The summed E-state index contributed by atoms with van der Waals surface area (Å²) in [6.45, 7) is 16.3. The van der Waals surface area contributed by atoms with Crippen LogP contribution >= 0.6 is 11.3 Å². The summed E-state index contributed by atoms with van der Waals surface area (Å²) in [4.78, 5) is 15.1. The lowest BCUT2D eigenvalue weighted by atomic mass is 9.85. The molecule has 2 aromatic carbocycles. The van der Waals surface area contributed by atoms with E-state index in [0.717, 1.165) is 58.9 Å². The molecule has 186 valence electrons. The Labute approximate surface area is 215 Å². The molecule has 3 aromatic rings. The van der Waals surface area contributed by atoms with Crippen molar-refractivity contribution in [3.05, 3.63) is 70.6 Å². The Morgan fingerprint density at radius 1 is 0.857 bits per heavy atom. The molecule has 4 rings (SSSR count). The van der Waals surface area contributed by atoms with Crippen LogP contribution in [0.1, 0.15) is 75.2 Å². The van der Waals surface area contributed by atoms with E-state index in [0.29, 0.717) is 5.92 Å². The Bertz CT molecular complexity index is 1060. The van der Waals surface area contributed by atoms with Gasteiger partial charge in [0.15, 0.2) is 0 Å². The van der Waals surface area contributed by atoms with Gasteiger partial charge in [-0.2, -0.15) is 0 Å². The zero-order valence-electron chi connectivity index (χ0n) is 22.1. The van der Waals surface area contributed by atoms with E-state index in [9.17, 15) is 4.79 Å². The van der Waals surface area contributed by atoms with Crippen LogP contribution in [0.25, 0.3) is 21.6 Å². The molecule has 0 saturated carbocycles. The summed E-state index contributed by atoms with van der Waals surface area (Å²) in [6, 6.07) is 19.8. The summed E-state index contributed by atoms with van der Waals surface area (Å²) in [7, 11) is 0. The van der Waals surface area contributed by atoms with Gasteiger partial charge in [0, 0.05) is 17.0 Å². The van der Waals surface area contributed by atoms with Crippen molar-refractivity contribution in [1.82, 2.24) is 10.6 Å². The second-order valence-electron chi connectivity index (χ2n) is 11.9. The molecule has 0 unspecified atom stereocenters. The Balaban J connectivity index is 1.66. The lowest BCUT2D eigenvalue weighted by Gasteiger charge is -2.22. The predicted octanol–water partition coefficient (Wildman–Crippen LogP) is 7.41. The normalized spacial score (nSPS) is 15.3. The third-order valence-corrected chi connectivity index (χ3v) is 8.22. The van der Waals surface area contributed by atoms with Gasteiger partial charge in [0.25, 0.3) is 5.91 Å². The van der Waals surface area contributed by atoms with E-state index >= 15 is 0 Å². The van der Waals surface area contributed by atoms with Crippen LogP contribution < -0.4 is 10.6 Å². The number of hydrogen-bond acceptors (Lipinski definition) is 3. The van der Waals surface area contributed by atoms with E-state index in [-0.39, 0.29) is 16.7 Å². The molecule has 2 N–H and O–H groups in total. The lowest BCUT2D eigenvalue weighted by Crippen LogP contribution is -2.35. The zero-order valence-corrected chi connectivity index (χ0v) is 22.9. The topological polar surface area (TPSA) is 41.1 Å². The van der Waals surface area contributed by atoms with Gasteiger partial charge in [0.1, 0.15) is 0 Å². The molecule has 3 nitrogen and oxygen atoms in total. The minimum absolute atomic E-state index is 0.0404. The predicted molar refractivity (Wildman–Crippen MR) is 151 cm³/mol. The maximum atomic E-state index is 13.2.